The molecule has 0 aliphatic carbocycles. The Morgan fingerprint density at radius 3 is 2.69 bits per heavy atom. The number of benzene rings is 1. The lowest BCUT2D eigenvalue weighted by molar-refractivity contribution is 0.0843. The molecule has 0 aromatic heterocycles. The summed E-state index contributed by atoms with van der Waals surface area (Å²) in [5, 5.41) is 0. The Morgan fingerprint density at radius 1 is 1.31 bits per heavy atom. The number of methoxy groups -OCH3 is 2. The smallest absolute Gasteiger partial charge is 0.204 e. The largest absolute Gasteiger partial charge is 0.493 e. The van der Waals surface area contributed by atoms with Crippen molar-refractivity contribution in [2.24, 2.45) is 5.92 Å². The Balaban J connectivity index is 2.57. The lowest BCUT2D eigenvalue weighted by atomic mass is 9.96. The van der Waals surface area contributed by atoms with Gasteiger partial charge in [-0.15, -0.1) is 0 Å². The molecule has 1 aliphatic rings. The summed E-state index contributed by atoms with van der Waals surface area (Å²) in [6, 6.07) is 3.44. The first-order valence-corrected chi connectivity index (χ1v) is 5.11. The van der Waals surface area contributed by atoms with Gasteiger partial charge in [0, 0.05) is 0 Å². The summed E-state index contributed by atoms with van der Waals surface area (Å²) in [5.41, 5.74) is 0.566. The number of ketones is 1. The number of hydrogen-bond acceptors (Lipinski definition) is 4. The maximum absolute atomic E-state index is 11.9. The van der Waals surface area contributed by atoms with Crippen LogP contribution in [0.5, 0.6) is 17.2 Å². The van der Waals surface area contributed by atoms with Gasteiger partial charge in [0.05, 0.1) is 32.3 Å². The Morgan fingerprint density at radius 2 is 2.06 bits per heavy atom. The molecule has 86 valence electrons. The second-order valence-electron chi connectivity index (χ2n) is 3.75. The van der Waals surface area contributed by atoms with Crippen molar-refractivity contribution in [3.63, 3.8) is 0 Å². The van der Waals surface area contributed by atoms with Gasteiger partial charge in [0.15, 0.2) is 17.3 Å². The van der Waals surface area contributed by atoms with E-state index in [2.05, 4.69) is 0 Å². The number of carbonyl (C=O) groups is 1. The van der Waals surface area contributed by atoms with Gasteiger partial charge in [0.1, 0.15) is 0 Å². The molecule has 0 fully saturated rings. The zero-order valence-electron chi connectivity index (χ0n) is 9.57. The van der Waals surface area contributed by atoms with Gasteiger partial charge >= 0.3 is 0 Å². The van der Waals surface area contributed by atoms with Crippen LogP contribution in [0.4, 0.5) is 0 Å². The minimum Gasteiger partial charge on any atom is -0.493 e. The van der Waals surface area contributed by atoms with Crippen LogP contribution < -0.4 is 14.2 Å². The minimum atomic E-state index is -0.106. The van der Waals surface area contributed by atoms with Crippen molar-refractivity contribution in [2.45, 2.75) is 6.92 Å². The van der Waals surface area contributed by atoms with Crippen molar-refractivity contribution < 1.29 is 19.0 Å². The molecule has 0 radical (unpaired) electrons. The van der Waals surface area contributed by atoms with E-state index in [4.69, 9.17) is 14.2 Å². The summed E-state index contributed by atoms with van der Waals surface area (Å²) < 4.78 is 15.9. The molecule has 1 heterocycles. The molecular weight excluding hydrogens is 208 g/mol. The lowest BCUT2D eigenvalue weighted by Crippen LogP contribution is -2.25. The Labute approximate surface area is 94.1 Å². The SMILES string of the molecule is COc1ccc2c(c1OC)OCC(C)C2=O. The van der Waals surface area contributed by atoms with Gasteiger partial charge in [-0.05, 0) is 12.1 Å². The molecule has 1 aromatic carbocycles. The molecule has 0 saturated carbocycles. The van der Waals surface area contributed by atoms with E-state index in [0.717, 1.165) is 0 Å². The standard InChI is InChI=1S/C12H14O4/c1-7-6-16-11-8(10(7)13)4-5-9(14-2)12(11)15-3/h4-5,7H,6H2,1-3H3. The van der Waals surface area contributed by atoms with Crippen molar-refractivity contribution in [1.29, 1.82) is 0 Å². The summed E-state index contributed by atoms with van der Waals surface area (Å²) in [7, 11) is 3.08. The Hall–Kier alpha value is -1.71. The fraction of sp³-hybridized carbons (Fsp3) is 0.417. The summed E-state index contributed by atoms with van der Waals surface area (Å²) in [4.78, 5) is 11.9. The number of rotatable bonds is 2. The van der Waals surface area contributed by atoms with Crippen LogP contribution >= 0.6 is 0 Å². The van der Waals surface area contributed by atoms with Crippen LogP contribution in [-0.4, -0.2) is 26.6 Å². The molecule has 2 rings (SSSR count). The summed E-state index contributed by atoms with van der Waals surface area (Å²) in [5.74, 6) is 1.53. The zero-order chi connectivity index (χ0) is 11.7. The third-order valence-corrected chi connectivity index (χ3v) is 2.69. The number of Topliss-reactive ketones (excluding diaryl/α,β-unsaturated/α-hetero) is 1. The second-order valence-corrected chi connectivity index (χ2v) is 3.75. The number of ether oxygens (including phenoxy) is 3. The van der Waals surface area contributed by atoms with Gasteiger partial charge in [-0.25, -0.2) is 0 Å². The predicted octanol–water partition coefficient (Wildman–Crippen LogP) is 1.91. The average Bonchev–Trinajstić information content (AvgIpc) is 2.32. The molecule has 4 heteroatoms. The molecule has 1 unspecified atom stereocenters. The van der Waals surface area contributed by atoms with Gasteiger partial charge in [-0.1, -0.05) is 6.92 Å². The first kappa shape index (κ1) is 10.8. The fourth-order valence-electron chi connectivity index (χ4n) is 1.79. The van der Waals surface area contributed by atoms with Crippen molar-refractivity contribution in [2.75, 3.05) is 20.8 Å². The molecule has 1 aromatic rings. The molecule has 0 N–H and O–H groups in total. The molecule has 0 saturated heterocycles. The van der Waals surface area contributed by atoms with Gasteiger partial charge in [0.25, 0.3) is 0 Å². The molecule has 4 nitrogen and oxygen atoms in total. The first-order chi connectivity index (χ1) is 7.69. The van der Waals surface area contributed by atoms with Crippen LogP contribution in [0.15, 0.2) is 12.1 Å². The molecule has 1 atom stereocenters. The topological polar surface area (TPSA) is 44.8 Å². The summed E-state index contributed by atoms with van der Waals surface area (Å²) in [6.45, 7) is 2.23. The van der Waals surface area contributed by atoms with Crippen molar-refractivity contribution in [3.05, 3.63) is 17.7 Å². The summed E-state index contributed by atoms with van der Waals surface area (Å²) in [6.07, 6.45) is 0. The highest BCUT2D eigenvalue weighted by Crippen LogP contribution is 2.42. The molecule has 0 amide bonds. The lowest BCUT2D eigenvalue weighted by Gasteiger charge is -2.23. The molecule has 0 spiro atoms. The van der Waals surface area contributed by atoms with Gasteiger partial charge in [-0.3, -0.25) is 4.79 Å². The van der Waals surface area contributed by atoms with Crippen LogP contribution in [0, 0.1) is 5.92 Å². The van der Waals surface area contributed by atoms with E-state index in [9.17, 15) is 4.79 Å². The van der Waals surface area contributed by atoms with Crippen LogP contribution in [0.1, 0.15) is 17.3 Å². The summed E-state index contributed by atoms with van der Waals surface area (Å²) >= 11 is 0. The van der Waals surface area contributed by atoms with E-state index in [-0.39, 0.29) is 11.7 Å². The average molecular weight is 222 g/mol. The third-order valence-electron chi connectivity index (χ3n) is 2.69. The van der Waals surface area contributed by atoms with Crippen LogP contribution in [0.3, 0.4) is 0 Å². The third kappa shape index (κ3) is 1.50. The Kier molecular flexibility index (Phi) is 2.73. The predicted molar refractivity (Wildman–Crippen MR) is 58.5 cm³/mol. The van der Waals surface area contributed by atoms with Crippen molar-refractivity contribution in [3.8, 4) is 17.2 Å². The maximum Gasteiger partial charge on any atom is 0.204 e. The second kappa shape index (κ2) is 4.04. The highest BCUT2D eigenvalue weighted by atomic mass is 16.5. The van der Waals surface area contributed by atoms with E-state index in [1.54, 1.807) is 19.2 Å². The molecule has 16 heavy (non-hydrogen) atoms. The maximum atomic E-state index is 11.9. The highest BCUT2D eigenvalue weighted by molar-refractivity contribution is 6.02. The van der Waals surface area contributed by atoms with Crippen LogP contribution in [0.25, 0.3) is 0 Å². The van der Waals surface area contributed by atoms with E-state index in [1.165, 1.54) is 7.11 Å². The normalized spacial score (nSPS) is 18.7. The zero-order valence-corrected chi connectivity index (χ0v) is 9.57. The van der Waals surface area contributed by atoms with Crippen LogP contribution in [0.2, 0.25) is 0 Å². The first-order valence-electron chi connectivity index (χ1n) is 5.11. The van der Waals surface area contributed by atoms with Gasteiger partial charge < -0.3 is 14.2 Å². The molecule has 1 aliphatic heterocycles. The van der Waals surface area contributed by atoms with E-state index in [0.29, 0.717) is 29.4 Å². The van der Waals surface area contributed by atoms with Gasteiger partial charge in [0.2, 0.25) is 5.75 Å². The van der Waals surface area contributed by atoms with Crippen LogP contribution in [-0.2, 0) is 0 Å². The Bertz CT molecular complexity index is 425. The number of hydrogen-bond donors (Lipinski definition) is 0. The van der Waals surface area contributed by atoms with Gasteiger partial charge in [-0.2, -0.15) is 0 Å². The van der Waals surface area contributed by atoms with Crippen molar-refractivity contribution in [1.82, 2.24) is 0 Å². The fourth-order valence-corrected chi connectivity index (χ4v) is 1.79. The monoisotopic (exact) mass is 222 g/mol. The van der Waals surface area contributed by atoms with E-state index >= 15 is 0 Å². The number of carbonyl (C=O) groups excluding carboxylic acids is 1. The quantitative estimate of drug-likeness (QED) is 0.766. The minimum absolute atomic E-state index is 0.0854. The molecular formula is C12H14O4. The van der Waals surface area contributed by atoms with Crippen molar-refractivity contribution >= 4 is 5.78 Å². The molecule has 0 bridgehead atoms. The van der Waals surface area contributed by atoms with E-state index in [1.807, 2.05) is 6.92 Å². The highest BCUT2D eigenvalue weighted by Gasteiger charge is 2.29. The number of fused-ring (bicyclic) bond motifs is 1. The van der Waals surface area contributed by atoms with E-state index < -0.39 is 0 Å².